The molecule has 2 aromatic rings. The SMILES string of the molecule is CC(=O)Nc1ccc(-c2csnn2)cc1. The molecule has 76 valence electrons. The first-order chi connectivity index (χ1) is 7.25. The highest BCUT2D eigenvalue weighted by Crippen LogP contribution is 2.19. The summed E-state index contributed by atoms with van der Waals surface area (Å²) in [7, 11) is 0. The molecule has 0 fully saturated rings. The summed E-state index contributed by atoms with van der Waals surface area (Å²) in [6.45, 7) is 1.48. The lowest BCUT2D eigenvalue weighted by Crippen LogP contribution is -2.05. The molecule has 15 heavy (non-hydrogen) atoms. The van der Waals surface area contributed by atoms with Crippen LogP contribution in [0, 0.1) is 0 Å². The molecule has 1 heterocycles. The minimum absolute atomic E-state index is 0.0712. The molecule has 0 radical (unpaired) electrons. The van der Waals surface area contributed by atoms with E-state index in [1.807, 2.05) is 29.6 Å². The largest absolute Gasteiger partial charge is 0.326 e. The van der Waals surface area contributed by atoms with Crippen LogP contribution in [0.15, 0.2) is 29.6 Å². The van der Waals surface area contributed by atoms with E-state index in [9.17, 15) is 4.79 Å². The van der Waals surface area contributed by atoms with Gasteiger partial charge in [0.1, 0.15) is 5.69 Å². The predicted molar refractivity (Wildman–Crippen MR) is 59.6 cm³/mol. The van der Waals surface area contributed by atoms with E-state index in [0.29, 0.717) is 0 Å². The van der Waals surface area contributed by atoms with Crippen molar-refractivity contribution in [2.75, 3.05) is 5.32 Å². The Bertz CT molecular complexity index is 450. The van der Waals surface area contributed by atoms with E-state index in [-0.39, 0.29) is 5.91 Å². The van der Waals surface area contributed by atoms with Crippen molar-refractivity contribution in [3.05, 3.63) is 29.6 Å². The fourth-order valence-corrected chi connectivity index (χ4v) is 1.68. The molecular formula is C10H9N3OS. The minimum Gasteiger partial charge on any atom is -0.326 e. The molecule has 0 unspecified atom stereocenters. The standard InChI is InChI=1S/C10H9N3OS/c1-7(14)11-9-4-2-8(3-5-9)10-6-15-13-12-10/h2-6H,1H3,(H,11,14). The molecule has 1 aromatic carbocycles. The topological polar surface area (TPSA) is 54.9 Å². The number of nitrogens with zero attached hydrogens (tertiary/aromatic N) is 2. The molecule has 0 aliphatic heterocycles. The van der Waals surface area contributed by atoms with Crippen LogP contribution < -0.4 is 5.32 Å². The molecule has 0 aliphatic rings. The average Bonchev–Trinajstić information content (AvgIpc) is 2.71. The Morgan fingerprint density at radius 1 is 1.33 bits per heavy atom. The van der Waals surface area contributed by atoms with Crippen LogP contribution in [0.2, 0.25) is 0 Å². The summed E-state index contributed by atoms with van der Waals surface area (Å²) in [4.78, 5) is 10.8. The van der Waals surface area contributed by atoms with Crippen molar-refractivity contribution >= 4 is 23.1 Å². The molecule has 0 atom stereocenters. The summed E-state index contributed by atoms with van der Waals surface area (Å²) in [6.07, 6.45) is 0. The lowest BCUT2D eigenvalue weighted by Gasteiger charge is -2.02. The first-order valence-corrected chi connectivity index (χ1v) is 5.24. The number of carbonyl (C=O) groups is 1. The van der Waals surface area contributed by atoms with E-state index in [2.05, 4.69) is 14.9 Å². The number of nitrogens with one attached hydrogen (secondary N) is 1. The zero-order valence-corrected chi connectivity index (χ0v) is 8.91. The van der Waals surface area contributed by atoms with Gasteiger partial charge in [0.15, 0.2) is 0 Å². The van der Waals surface area contributed by atoms with Crippen molar-refractivity contribution in [3.8, 4) is 11.3 Å². The smallest absolute Gasteiger partial charge is 0.221 e. The number of amides is 1. The lowest BCUT2D eigenvalue weighted by atomic mass is 10.1. The van der Waals surface area contributed by atoms with Gasteiger partial charge in [-0.15, -0.1) is 5.10 Å². The zero-order valence-electron chi connectivity index (χ0n) is 8.10. The third kappa shape index (κ3) is 2.38. The lowest BCUT2D eigenvalue weighted by molar-refractivity contribution is -0.114. The Morgan fingerprint density at radius 2 is 2.07 bits per heavy atom. The number of benzene rings is 1. The van der Waals surface area contributed by atoms with Crippen LogP contribution in [-0.4, -0.2) is 15.5 Å². The Kier molecular flexibility index (Phi) is 2.73. The number of aromatic nitrogens is 2. The van der Waals surface area contributed by atoms with Gasteiger partial charge in [-0.1, -0.05) is 16.6 Å². The van der Waals surface area contributed by atoms with Gasteiger partial charge < -0.3 is 5.32 Å². The van der Waals surface area contributed by atoms with Gasteiger partial charge in [-0.3, -0.25) is 4.79 Å². The Labute approximate surface area is 91.1 Å². The molecule has 4 nitrogen and oxygen atoms in total. The van der Waals surface area contributed by atoms with E-state index >= 15 is 0 Å². The summed E-state index contributed by atoms with van der Waals surface area (Å²) in [6, 6.07) is 7.50. The second-order valence-electron chi connectivity index (χ2n) is 3.05. The summed E-state index contributed by atoms with van der Waals surface area (Å²) in [5, 5.41) is 8.55. The van der Waals surface area contributed by atoms with Gasteiger partial charge in [-0.2, -0.15) is 0 Å². The molecule has 1 amide bonds. The van der Waals surface area contributed by atoms with Crippen LogP contribution in [0.3, 0.4) is 0 Å². The predicted octanol–water partition coefficient (Wildman–Crippen LogP) is 2.16. The molecule has 0 bridgehead atoms. The van der Waals surface area contributed by atoms with E-state index in [4.69, 9.17) is 0 Å². The van der Waals surface area contributed by atoms with Crippen LogP contribution >= 0.6 is 11.5 Å². The third-order valence-electron chi connectivity index (χ3n) is 1.86. The fourth-order valence-electron chi connectivity index (χ4n) is 1.22. The Hall–Kier alpha value is -1.75. The number of carbonyl (C=O) groups excluding carboxylic acids is 1. The quantitative estimate of drug-likeness (QED) is 0.842. The number of rotatable bonds is 2. The van der Waals surface area contributed by atoms with Gasteiger partial charge in [0.05, 0.1) is 0 Å². The Morgan fingerprint density at radius 3 is 2.60 bits per heavy atom. The van der Waals surface area contributed by atoms with Crippen LogP contribution in [-0.2, 0) is 4.79 Å². The first kappa shape index (κ1) is 9.79. The zero-order chi connectivity index (χ0) is 10.7. The molecule has 0 saturated heterocycles. The van der Waals surface area contributed by atoms with E-state index < -0.39 is 0 Å². The van der Waals surface area contributed by atoms with Crippen molar-refractivity contribution in [1.29, 1.82) is 0 Å². The molecule has 1 aromatic heterocycles. The van der Waals surface area contributed by atoms with Crippen LogP contribution in [0.4, 0.5) is 5.69 Å². The molecule has 2 rings (SSSR count). The van der Waals surface area contributed by atoms with Gasteiger partial charge >= 0.3 is 0 Å². The second kappa shape index (κ2) is 4.18. The normalized spacial score (nSPS) is 9.93. The van der Waals surface area contributed by atoms with Gasteiger partial charge in [0.2, 0.25) is 5.91 Å². The van der Waals surface area contributed by atoms with Crippen molar-refractivity contribution in [2.24, 2.45) is 0 Å². The van der Waals surface area contributed by atoms with Gasteiger partial charge in [0.25, 0.3) is 0 Å². The van der Waals surface area contributed by atoms with Gasteiger partial charge in [-0.05, 0) is 23.7 Å². The molecule has 5 heteroatoms. The fraction of sp³-hybridized carbons (Fsp3) is 0.100. The van der Waals surface area contributed by atoms with Crippen LogP contribution in [0.25, 0.3) is 11.3 Å². The van der Waals surface area contributed by atoms with Crippen molar-refractivity contribution < 1.29 is 4.79 Å². The maximum atomic E-state index is 10.8. The molecule has 1 N–H and O–H groups in total. The summed E-state index contributed by atoms with van der Waals surface area (Å²) < 4.78 is 3.79. The summed E-state index contributed by atoms with van der Waals surface area (Å²) in [5.41, 5.74) is 2.64. The third-order valence-corrected chi connectivity index (χ3v) is 2.37. The maximum Gasteiger partial charge on any atom is 0.221 e. The molecular weight excluding hydrogens is 210 g/mol. The van der Waals surface area contributed by atoms with Crippen molar-refractivity contribution in [1.82, 2.24) is 9.59 Å². The summed E-state index contributed by atoms with van der Waals surface area (Å²) in [5.74, 6) is -0.0712. The van der Waals surface area contributed by atoms with Crippen molar-refractivity contribution in [2.45, 2.75) is 6.92 Å². The maximum absolute atomic E-state index is 10.8. The molecule has 0 saturated carbocycles. The number of hydrogen-bond acceptors (Lipinski definition) is 4. The van der Waals surface area contributed by atoms with Crippen LogP contribution in [0.5, 0.6) is 0 Å². The molecule has 0 aliphatic carbocycles. The van der Waals surface area contributed by atoms with E-state index in [1.165, 1.54) is 18.5 Å². The highest BCUT2D eigenvalue weighted by atomic mass is 32.1. The highest BCUT2D eigenvalue weighted by molar-refractivity contribution is 7.03. The second-order valence-corrected chi connectivity index (χ2v) is 3.66. The minimum atomic E-state index is -0.0712. The first-order valence-electron chi connectivity index (χ1n) is 4.41. The van der Waals surface area contributed by atoms with Gasteiger partial charge in [0, 0.05) is 23.6 Å². The number of anilines is 1. The van der Waals surface area contributed by atoms with E-state index in [0.717, 1.165) is 16.9 Å². The molecule has 0 spiro atoms. The number of hydrogen-bond donors (Lipinski definition) is 1. The van der Waals surface area contributed by atoms with Crippen molar-refractivity contribution in [3.63, 3.8) is 0 Å². The average molecular weight is 219 g/mol. The van der Waals surface area contributed by atoms with Gasteiger partial charge in [-0.25, -0.2) is 0 Å². The highest BCUT2D eigenvalue weighted by Gasteiger charge is 2.01. The van der Waals surface area contributed by atoms with Crippen LogP contribution in [0.1, 0.15) is 6.92 Å². The Balaban J connectivity index is 2.21. The van der Waals surface area contributed by atoms with E-state index in [1.54, 1.807) is 0 Å². The summed E-state index contributed by atoms with van der Waals surface area (Å²) >= 11 is 1.32. The monoisotopic (exact) mass is 219 g/mol.